The average molecular weight is 357 g/mol. The first-order valence-corrected chi connectivity index (χ1v) is 14.2. The van der Waals surface area contributed by atoms with Gasteiger partial charge < -0.3 is 9.16 Å². The van der Waals surface area contributed by atoms with Gasteiger partial charge in [-0.25, -0.2) is 0 Å². The summed E-state index contributed by atoms with van der Waals surface area (Å²) in [5.74, 6) is 0. The van der Waals surface area contributed by atoms with E-state index in [0.717, 1.165) is 6.61 Å². The van der Waals surface area contributed by atoms with Crippen LogP contribution in [0.25, 0.3) is 0 Å². The van der Waals surface area contributed by atoms with Gasteiger partial charge in [0, 0.05) is 6.61 Å². The summed E-state index contributed by atoms with van der Waals surface area (Å²) in [5.41, 5.74) is 0. The van der Waals surface area contributed by atoms with Crippen LogP contribution in [-0.2, 0) is 9.16 Å². The average Bonchev–Trinajstić information content (AvgIpc) is 3.26. The summed E-state index contributed by atoms with van der Waals surface area (Å²) in [7, 11) is -1.28. The van der Waals surface area contributed by atoms with Crippen LogP contribution in [0.2, 0.25) is 19.6 Å². The van der Waals surface area contributed by atoms with Gasteiger partial charge >= 0.3 is 0 Å². The van der Waals surface area contributed by atoms with Gasteiger partial charge in [0.25, 0.3) is 0 Å². The monoisotopic (exact) mass is 356 g/mol. The van der Waals surface area contributed by atoms with Crippen molar-refractivity contribution >= 4 is 8.32 Å². The first-order chi connectivity index (χ1) is 11.5. The number of unbranched alkanes of at least 4 members (excludes halogenated alkanes) is 10. The fourth-order valence-electron chi connectivity index (χ4n) is 3.35. The summed E-state index contributed by atoms with van der Waals surface area (Å²) in [6.45, 7) is 10.1. The van der Waals surface area contributed by atoms with Crippen molar-refractivity contribution < 1.29 is 9.16 Å². The molecular weight excluding hydrogens is 312 g/mol. The first-order valence-electron chi connectivity index (χ1n) is 10.8. The van der Waals surface area contributed by atoms with Gasteiger partial charge in [-0.05, 0) is 38.9 Å². The standard InChI is InChI=1S/C21H44O2Si/c1-5-6-7-8-11-14-17-20-21(23-20)18-15-12-9-10-13-16-19-22-24(2,3)4/h20-21H,5-19H2,1-4H3. The van der Waals surface area contributed by atoms with E-state index in [1.54, 1.807) is 0 Å². The molecule has 0 bridgehead atoms. The Morgan fingerprint density at radius 3 is 1.62 bits per heavy atom. The maximum absolute atomic E-state index is 5.89. The molecule has 0 amide bonds. The number of epoxide rings is 1. The fraction of sp³-hybridized carbons (Fsp3) is 1.00. The molecule has 3 heteroatoms. The van der Waals surface area contributed by atoms with Crippen LogP contribution < -0.4 is 0 Å². The smallest absolute Gasteiger partial charge is 0.183 e. The summed E-state index contributed by atoms with van der Waals surface area (Å²) in [5, 5.41) is 0. The van der Waals surface area contributed by atoms with Gasteiger partial charge in [-0.1, -0.05) is 77.6 Å². The molecule has 0 saturated carbocycles. The van der Waals surface area contributed by atoms with Gasteiger partial charge in [-0.3, -0.25) is 0 Å². The zero-order valence-corrected chi connectivity index (χ0v) is 18.1. The lowest BCUT2D eigenvalue weighted by molar-refractivity contribution is 0.298. The van der Waals surface area contributed by atoms with Crippen molar-refractivity contribution in [2.45, 2.75) is 129 Å². The van der Waals surface area contributed by atoms with Crippen LogP contribution in [0.15, 0.2) is 0 Å². The van der Waals surface area contributed by atoms with Gasteiger partial charge in [0.1, 0.15) is 0 Å². The largest absolute Gasteiger partial charge is 0.418 e. The third-order valence-corrected chi connectivity index (χ3v) is 6.02. The lowest BCUT2D eigenvalue weighted by Crippen LogP contribution is -2.25. The molecule has 144 valence electrons. The van der Waals surface area contributed by atoms with E-state index in [2.05, 4.69) is 26.6 Å². The molecule has 0 aromatic carbocycles. The van der Waals surface area contributed by atoms with E-state index in [-0.39, 0.29) is 0 Å². The molecule has 1 rings (SSSR count). The summed E-state index contributed by atoms with van der Waals surface area (Å²) in [6, 6.07) is 0. The van der Waals surface area contributed by atoms with Gasteiger partial charge in [0.15, 0.2) is 8.32 Å². The van der Waals surface area contributed by atoms with E-state index >= 15 is 0 Å². The molecule has 1 fully saturated rings. The number of ether oxygens (including phenoxy) is 1. The molecule has 0 aliphatic carbocycles. The Kier molecular flexibility index (Phi) is 12.3. The van der Waals surface area contributed by atoms with E-state index in [1.807, 2.05) is 0 Å². The van der Waals surface area contributed by atoms with Gasteiger partial charge in [0.2, 0.25) is 0 Å². The number of hydrogen-bond donors (Lipinski definition) is 0. The first kappa shape index (κ1) is 22.2. The molecule has 1 saturated heterocycles. The highest BCUT2D eigenvalue weighted by Gasteiger charge is 2.36. The van der Waals surface area contributed by atoms with Crippen LogP contribution in [0.4, 0.5) is 0 Å². The van der Waals surface area contributed by atoms with Crippen LogP contribution in [0, 0.1) is 0 Å². The van der Waals surface area contributed by atoms with Crippen molar-refractivity contribution in [3.05, 3.63) is 0 Å². The molecule has 2 atom stereocenters. The summed E-state index contributed by atoms with van der Waals surface area (Å²) in [6.07, 6.45) is 20.4. The van der Waals surface area contributed by atoms with E-state index in [4.69, 9.17) is 9.16 Å². The quantitative estimate of drug-likeness (QED) is 0.158. The predicted octanol–water partition coefficient (Wildman–Crippen LogP) is 7.09. The third kappa shape index (κ3) is 13.4. The van der Waals surface area contributed by atoms with Crippen LogP contribution in [0.1, 0.15) is 96.8 Å². The molecular formula is C21H44O2Si. The summed E-state index contributed by atoms with van der Waals surface area (Å²) in [4.78, 5) is 0. The second-order valence-electron chi connectivity index (χ2n) is 8.64. The zero-order valence-electron chi connectivity index (χ0n) is 17.1. The minimum Gasteiger partial charge on any atom is -0.418 e. The van der Waals surface area contributed by atoms with Crippen LogP contribution in [0.3, 0.4) is 0 Å². The fourth-order valence-corrected chi connectivity index (χ4v) is 4.10. The van der Waals surface area contributed by atoms with E-state index < -0.39 is 8.32 Å². The SMILES string of the molecule is CCCCCCCCC1OC1CCCCCCCCO[Si](C)(C)C. The van der Waals surface area contributed by atoms with Gasteiger partial charge in [-0.15, -0.1) is 0 Å². The van der Waals surface area contributed by atoms with Crippen LogP contribution in [0.5, 0.6) is 0 Å². The van der Waals surface area contributed by atoms with E-state index in [1.165, 1.54) is 89.9 Å². The van der Waals surface area contributed by atoms with Crippen molar-refractivity contribution in [3.8, 4) is 0 Å². The molecule has 0 aromatic rings. The molecule has 0 aromatic heterocycles. The Balaban J connectivity index is 1.75. The number of hydrogen-bond acceptors (Lipinski definition) is 2. The lowest BCUT2D eigenvalue weighted by Gasteiger charge is -2.16. The van der Waals surface area contributed by atoms with Crippen molar-refractivity contribution in [3.63, 3.8) is 0 Å². The van der Waals surface area contributed by atoms with Crippen LogP contribution in [-0.4, -0.2) is 27.1 Å². The van der Waals surface area contributed by atoms with Gasteiger partial charge in [-0.2, -0.15) is 0 Å². The minimum absolute atomic E-state index is 0.616. The lowest BCUT2D eigenvalue weighted by atomic mass is 10.0. The molecule has 0 N–H and O–H groups in total. The maximum atomic E-state index is 5.89. The molecule has 24 heavy (non-hydrogen) atoms. The highest BCUT2D eigenvalue weighted by molar-refractivity contribution is 6.69. The molecule has 1 aliphatic rings. The normalized spacial score (nSPS) is 20.5. The van der Waals surface area contributed by atoms with Gasteiger partial charge in [0.05, 0.1) is 12.2 Å². The zero-order chi connectivity index (χ0) is 17.7. The molecule has 1 aliphatic heterocycles. The molecule has 0 radical (unpaired) electrons. The van der Waals surface area contributed by atoms with E-state index in [9.17, 15) is 0 Å². The molecule has 2 nitrogen and oxygen atoms in total. The second-order valence-corrected chi connectivity index (χ2v) is 13.2. The Morgan fingerprint density at radius 1 is 0.667 bits per heavy atom. The minimum atomic E-state index is -1.28. The van der Waals surface area contributed by atoms with Crippen molar-refractivity contribution in [1.29, 1.82) is 0 Å². The molecule has 0 spiro atoms. The number of rotatable bonds is 17. The predicted molar refractivity (Wildman–Crippen MR) is 108 cm³/mol. The molecule has 2 unspecified atom stereocenters. The van der Waals surface area contributed by atoms with E-state index in [0.29, 0.717) is 12.2 Å². The topological polar surface area (TPSA) is 21.8 Å². The Morgan fingerprint density at radius 2 is 1.12 bits per heavy atom. The Hall–Kier alpha value is 0.137. The summed E-state index contributed by atoms with van der Waals surface area (Å²) >= 11 is 0. The molecule has 1 heterocycles. The van der Waals surface area contributed by atoms with Crippen molar-refractivity contribution in [2.75, 3.05) is 6.61 Å². The highest BCUT2D eigenvalue weighted by Crippen LogP contribution is 2.31. The highest BCUT2D eigenvalue weighted by atomic mass is 28.4. The van der Waals surface area contributed by atoms with Crippen molar-refractivity contribution in [2.24, 2.45) is 0 Å². The van der Waals surface area contributed by atoms with Crippen LogP contribution >= 0.6 is 0 Å². The maximum Gasteiger partial charge on any atom is 0.183 e. The summed E-state index contributed by atoms with van der Waals surface area (Å²) < 4.78 is 11.7. The second kappa shape index (κ2) is 13.4. The third-order valence-electron chi connectivity index (χ3n) is 4.95. The Labute approximate surface area is 153 Å². The Bertz CT molecular complexity index is 288. The van der Waals surface area contributed by atoms with Crippen molar-refractivity contribution in [1.82, 2.24) is 0 Å².